The van der Waals surface area contributed by atoms with Gasteiger partial charge >= 0.3 is 0 Å². The molecule has 7 nitrogen and oxygen atoms in total. The van der Waals surface area contributed by atoms with E-state index in [0.717, 1.165) is 6.07 Å². The Labute approximate surface area is 122 Å². The van der Waals surface area contributed by atoms with Crippen LogP contribution in [0.5, 0.6) is 0 Å². The fourth-order valence-corrected chi connectivity index (χ4v) is 3.16. The van der Waals surface area contributed by atoms with Crippen LogP contribution in [0.2, 0.25) is 5.02 Å². The highest BCUT2D eigenvalue weighted by molar-refractivity contribution is 7.89. The maximum Gasteiger partial charge on any atom is 0.289 e. The molecular weight excluding hydrogens is 306 g/mol. The van der Waals surface area contributed by atoms with E-state index >= 15 is 0 Å². The van der Waals surface area contributed by atoms with Crippen molar-refractivity contribution in [3.05, 3.63) is 33.3 Å². The largest absolute Gasteiger partial charge is 0.308 e. The van der Waals surface area contributed by atoms with E-state index in [9.17, 15) is 18.5 Å². The summed E-state index contributed by atoms with van der Waals surface area (Å²) in [4.78, 5) is 11.7. The fraction of sp³-hybridized carbons (Fsp3) is 0.455. The van der Waals surface area contributed by atoms with Gasteiger partial charge in [-0.05, 0) is 33.2 Å². The maximum atomic E-state index is 12.1. The number of hydrogen-bond acceptors (Lipinski definition) is 5. The van der Waals surface area contributed by atoms with Crippen LogP contribution in [-0.4, -0.2) is 44.9 Å². The molecule has 1 unspecified atom stereocenters. The number of benzene rings is 1. The van der Waals surface area contributed by atoms with E-state index < -0.39 is 20.6 Å². The summed E-state index contributed by atoms with van der Waals surface area (Å²) < 4.78 is 26.7. The minimum absolute atomic E-state index is 0.102. The molecule has 112 valence electrons. The van der Waals surface area contributed by atoms with Gasteiger partial charge in [-0.25, -0.2) is 13.1 Å². The number of nitrogens with one attached hydrogen (secondary N) is 1. The van der Waals surface area contributed by atoms with E-state index in [1.807, 2.05) is 19.0 Å². The summed E-state index contributed by atoms with van der Waals surface area (Å²) in [6, 6.07) is 3.06. The van der Waals surface area contributed by atoms with Crippen molar-refractivity contribution in [2.24, 2.45) is 0 Å². The Bertz CT molecular complexity index is 604. The van der Waals surface area contributed by atoms with Gasteiger partial charge in [0.2, 0.25) is 10.0 Å². The molecule has 0 aliphatic rings. The lowest BCUT2D eigenvalue weighted by atomic mass is 10.3. The first-order valence-corrected chi connectivity index (χ1v) is 7.60. The maximum absolute atomic E-state index is 12.1. The normalized spacial score (nSPS) is 13.4. The minimum Gasteiger partial charge on any atom is -0.308 e. The summed E-state index contributed by atoms with van der Waals surface area (Å²) in [7, 11) is -0.183. The van der Waals surface area contributed by atoms with E-state index in [4.69, 9.17) is 11.6 Å². The number of nitro benzene ring substituents is 1. The molecule has 0 aliphatic carbocycles. The standard InChI is InChI=1S/C11H16ClN3O4S/c1-8(7-14(2)3)13-20(18,19)9-4-5-10(12)11(6-9)15(16)17/h4-6,8,13H,7H2,1-3H3. The van der Waals surface area contributed by atoms with Crippen molar-refractivity contribution < 1.29 is 13.3 Å². The van der Waals surface area contributed by atoms with Gasteiger partial charge in [-0.1, -0.05) is 11.6 Å². The molecule has 0 aromatic heterocycles. The van der Waals surface area contributed by atoms with Crippen molar-refractivity contribution in [2.45, 2.75) is 17.9 Å². The average molecular weight is 322 g/mol. The lowest BCUT2D eigenvalue weighted by Crippen LogP contribution is -2.39. The number of hydrogen-bond donors (Lipinski definition) is 1. The molecule has 0 radical (unpaired) electrons. The third-order valence-corrected chi connectivity index (χ3v) is 4.33. The summed E-state index contributed by atoms with van der Waals surface area (Å²) in [5.41, 5.74) is -0.435. The van der Waals surface area contributed by atoms with Gasteiger partial charge < -0.3 is 4.90 Å². The first-order valence-electron chi connectivity index (χ1n) is 5.74. The lowest BCUT2D eigenvalue weighted by molar-refractivity contribution is -0.384. The Morgan fingerprint density at radius 3 is 2.55 bits per heavy atom. The summed E-state index contributed by atoms with van der Waals surface area (Å²) in [6.07, 6.45) is 0. The summed E-state index contributed by atoms with van der Waals surface area (Å²) in [6.45, 7) is 2.22. The second-order valence-electron chi connectivity index (χ2n) is 4.65. The summed E-state index contributed by atoms with van der Waals surface area (Å²) >= 11 is 5.65. The molecule has 0 saturated carbocycles. The SMILES string of the molecule is CC(CN(C)C)NS(=O)(=O)c1ccc(Cl)c([N+](=O)[O-])c1. The van der Waals surface area contributed by atoms with Crippen LogP contribution in [0, 0.1) is 10.1 Å². The molecule has 0 saturated heterocycles. The Morgan fingerprint density at radius 1 is 1.45 bits per heavy atom. The zero-order valence-electron chi connectivity index (χ0n) is 11.3. The van der Waals surface area contributed by atoms with Crippen molar-refractivity contribution in [2.75, 3.05) is 20.6 Å². The highest BCUT2D eigenvalue weighted by atomic mass is 35.5. The van der Waals surface area contributed by atoms with E-state index in [-0.39, 0.29) is 16.0 Å². The van der Waals surface area contributed by atoms with Crippen LogP contribution in [0.4, 0.5) is 5.69 Å². The second-order valence-corrected chi connectivity index (χ2v) is 6.78. The van der Waals surface area contributed by atoms with Crippen LogP contribution in [-0.2, 0) is 10.0 Å². The minimum atomic E-state index is -3.82. The zero-order valence-corrected chi connectivity index (χ0v) is 12.9. The number of likely N-dealkylation sites (N-methyl/N-ethyl adjacent to an activating group) is 1. The number of sulfonamides is 1. The smallest absolute Gasteiger partial charge is 0.289 e. The summed E-state index contributed by atoms with van der Waals surface area (Å²) in [5, 5.41) is 10.7. The van der Waals surface area contributed by atoms with Crippen molar-refractivity contribution in [3.63, 3.8) is 0 Å². The summed E-state index contributed by atoms with van der Waals surface area (Å²) in [5.74, 6) is 0. The number of halogens is 1. The molecule has 0 amide bonds. The van der Waals surface area contributed by atoms with Crippen molar-refractivity contribution in [3.8, 4) is 0 Å². The Morgan fingerprint density at radius 2 is 2.05 bits per heavy atom. The van der Waals surface area contributed by atoms with Gasteiger partial charge in [0.25, 0.3) is 5.69 Å². The lowest BCUT2D eigenvalue weighted by Gasteiger charge is -2.18. The number of nitrogens with zero attached hydrogens (tertiary/aromatic N) is 2. The Hall–Kier alpha value is -1.22. The topological polar surface area (TPSA) is 92.6 Å². The van der Waals surface area contributed by atoms with Crippen LogP contribution in [0.3, 0.4) is 0 Å². The van der Waals surface area contributed by atoms with Crippen LogP contribution in [0.25, 0.3) is 0 Å². The number of rotatable bonds is 6. The molecule has 1 aromatic carbocycles. The predicted octanol–water partition coefficient (Wildman–Crippen LogP) is 1.48. The molecule has 1 N–H and O–H groups in total. The Kier molecular flexibility index (Phi) is 5.46. The third kappa shape index (κ3) is 4.41. The van der Waals surface area contributed by atoms with Gasteiger partial charge in [-0.15, -0.1) is 0 Å². The molecule has 1 rings (SSSR count). The van der Waals surface area contributed by atoms with Crippen molar-refractivity contribution >= 4 is 27.3 Å². The van der Waals surface area contributed by atoms with Gasteiger partial charge in [0, 0.05) is 18.7 Å². The van der Waals surface area contributed by atoms with Crippen LogP contribution in [0.1, 0.15) is 6.92 Å². The molecule has 0 fully saturated rings. The molecule has 20 heavy (non-hydrogen) atoms. The van der Waals surface area contributed by atoms with E-state index in [2.05, 4.69) is 4.72 Å². The molecular formula is C11H16ClN3O4S. The average Bonchev–Trinajstić information content (AvgIpc) is 2.26. The van der Waals surface area contributed by atoms with Gasteiger partial charge in [-0.3, -0.25) is 10.1 Å². The van der Waals surface area contributed by atoms with Gasteiger partial charge in [0.05, 0.1) is 9.82 Å². The molecule has 1 atom stereocenters. The molecule has 0 spiro atoms. The molecule has 0 bridgehead atoms. The predicted molar refractivity (Wildman–Crippen MR) is 76.4 cm³/mol. The molecule has 0 heterocycles. The molecule has 1 aromatic rings. The van der Waals surface area contributed by atoms with Gasteiger partial charge in [0.1, 0.15) is 5.02 Å². The Balaban J connectivity index is 3.04. The van der Waals surface area contributed by atoms with Crippen molar-refractivity contribution in [1.82, 2.24) is 9.62 Å². The first kappa shape index (κ1) is 16.8. The van der Waals surface area contributed by atoms with E-state index in [1.165, 1.54) is 12.1 Å². The third-order valence-electron chi connectivity index (χ3n) is 2.42. The molecule has 9 heteroatoms. The highest BCUT2D eigenvalue weighted by Crippen LogP contribution is 2.27. The zero-order chi connectivity index (χ0) is 15.5. The quantitative estimate of drug-likeness (QED) is 0.632. The monoisotopic (exact) mass is 321 g/mol. The van der Waals surface area contributed by atoms with Crippen LogP contribution >= 0.6 is 11.6 Å². The number of nitro groups is 1. The van der Waals surface area contributed by atoms with Crippen LogP contribution in [0.15, 0.2) is 23.1 Å². The van der Waals surface area contributed by atoms with Crippen molar-refractivity contribution in [1.29, 1.82) is 0 Å². The highest BCUT2D eigenvalue weighted by Gasteiger charge is 2.22. The van der Waals surface area contributed by atoms with Crippen LogP contribution < -0.4 is 4.72 Å². The van der Waals surface area contributed by atoms with Gasteiger partial charge in [-0.2, -0.15) is 0 Å². The van der Waals surface area contributed by atoms with Gasteiger partial charge in [0.15, 0.2) is 0 Å². The van der Waals surface area contributed by atoms with E-state index in [1.54, 1.807) is 6.92 Å². The van der Waals surface area contributed by atoms with E-state index in [0.29, 0.717) is 6.54 Å². The first-order chi connectivity index (χ1) is 9.13. The second kappa shape index (κ2) is 6.49. The molecule has 0 aliphatic heterocycles. The fourth-order valence-electron chi connectivity index (χ4n) is 1.72.